The van der Waals surface area contributed by atoms with Gasteiger partial charge in [0.25, 0.3) is 5.91 Å². The largest absolute Gasteiger partial charge is 0.508 e. The van der Waals surface area contributed by atoms with E-state index in [0.29, 0.717) is 6.54 Å². The summed E-state index contributed by atoms with van der Waals surface area (Å²) in [4.78, 5) is 39.8. The molecule has 0 unspecified atom stereocenters. The molecule has 9 N–H and O–H groups in total. The lowest BCUT2D eigenvalue weighted by atomic mass is 9.55. The second-order valence-electron chi connectivity index (χ2n) is 10.9. The predicted molar refractivity (Wildman–Crippen MR) is 155 cm³/mol. The van der Waals surface area contributed by atoms with E-state index in [1.54, 1.807) is 0 Å². The van der Waals surface area contributed by atoms with Crippen molar-refractivity contribution in [3.8, 4) is 5.75 Å². The molecular weight excluding hydrogens is 586 g/mol. The van der Waals surface area contributed by atoms with Crippen molar-refractivity contribution < 1.29 is 52.9 Å². The van der Waals surface area contributed by atoms with E-state index in [2.05, 4.69) is 13.5 Å². The third kappa shape index (κ3) is 5.96. The number of aliphatic hydroxyl groups is 4. The SMILES string of the molecule is C=C1c2cccc(O)c2C(O)=C2C(=O)[C@]3(O)C(O)=C(C(N)=O)C(=O)[C@@H](N(C)C)[C@@H]3[C@@H](O)[C@H]12.CCCCCCNS(=O)(=O)O. The van der Waals surface area contributed by atoms with Crippen LogP contribution in [-0.2, 0) is 24.7 Å². The molecule has 1 aromatic rings. The van der Waals surface area contributed by atoms with Crippen LogP contribution >= 0.6 is 0 Å². The molecule has 5 atom stereocenters. The Hall–Kier alpha value is -3.60. The minimum atomic E-state index is -3.96. The first-order valence-electron chi connectivity index (χ1n) is 13.5. The van der Waals surface area contributed by atoms with Crippen LogP contribution in [0.1, 0.15) is 43.7 Å². The van der Waals surface area contributed by atoms with Gasteiger partial charge in [-0.3, -0.25) is 23.8 Å². The van der Waals surface area contributed by atoms with Crippen LogP contribution in [0.2, 0.25) is 0 Å². The van der Waals surface area contributed by atoms with Gasteiger partial charge in [-0.15, -0.1) is 0 Å². The van der Waals surface area contributed by atoms with Gasteiger partial charge in [0, 0.05) is 12.5 Å². The monoisotopic (exact) mass is 623 g/mol. The number of aromatic hydroxyl groups is 1. The number of fused-ring (bicyclic) bond motifs is 3. The van der Waals surface area contributed by atoms with Gasteiger partial charge in [0.1, 0.15) is 22.8 Å². The lowest BCUT2D eigenvalue weighted by Crippen LogP contribution is -2.70. The quantitative estimate of drug-likeness (QED) is 0.111. The number of nitrogens with zero attached hydrogens (tertiary/aromatic N) is 1. The Balaban J connectivity index is 0.000000393. The number of likely N-dealkylation sites (N-methyl/N-ethyl adjacent to an activating group) is 1. The van der Waals surface area contributed by atoms with Gasteiger partial charge in [-0.25, -0.2) is 0 Å². The number of benzene rings is 1. The fraction of sp³-hybridized carbons (Fsp3) is 0.464. The van der Waals surface area contributed by atoms with Crippen LogP contribution in [0.5, 0.6) is 5.75 Å². The zero-order valence-corrected chi connectivity index (χ0v) is 24.8. The summed E-state index contributed by atoms with van der Waals surface area (Å²) < 4.78 is 30.5. The second-order valence-corrected chi connectivity index (χ2v) is 12.1. The zero-order valence-electron chi connectivity index (χ0n) is 23.9. The van der Waals surface area contributed by atoms with E-state index >= 15 is 0 Å². The normalized spacial score (nSPS) is 26.9. The van der Waals surface area contributed by atoms with Crippen LogP contribution in [0.15, 0.2) is 41.7 Å². The van der Waals surface area contributed by atoms with Gasteiger partial charge in [0.15, 0.2) is 11.4 Å². The van der Waals surface area contributed by atoms with E-state index in [-0.39, 0.29) is 22.4 Å². The molecule has 1 fully saturated rings. The summed E-state index contributed by atoms with van der Waals surface area (Å²) >= 11 is 0. The molecule has 1 saturated carbocycles. The molecule has 0 radical (unpaired) electrons. The highest BCUT2D eigenvalue weighted by molar-refractivity contribution is 7.83. The number of ketones is 2. The maximum Gasteiger partial charge on any atom is 0.333 e. The number of amides is 1. The number of Topliss-reactive ketones (excluding diaryl/α,β-unsaturated/α-hetero) is 2. The first kappa shape index (κ1) is 33.9. The standard InChI is InChI=1S/C22H22N2O8.C6H15NO3S/c1-7-8-5-4-6-9(25)11(8)16(26)12-10(7)17(27)14-15(24(2)3)18(28)13(21(23)31)20(30)22(14,32)19(12)29;1-2-3-4-5-6-7-11(8,9)10/h4-6,10,14-15,17,25-27,30,32H,1H2,2-3H3,(H2,23,31);7H,2-6H2,1H3,(H,8,9,10)/t10-,14-,15+,17+,22+;/m1./s1. The third-order valence-electron chi connectivity index (χ3n) is 7.92. The Kier molecular flexibility index (Phi) is 9.90. The number of carbonyl (C=O) groups excluding carboxylic acids is 3. The first-order chi connectivity index (χ1) is 19.9. The molecule has 0 aromatic heterocycles. The Morgan fingerprint density at radius 1 is 1.14 bits per heavy atom. The molecule has 1 amide bonds. The summed E-state index contributed by atoms with van der Waals surface area (Å²) in [6, 6.07) is 2.89. The molecule has 0 spiro atoms. The maximum atomic E-state index is 13.6. The maximum absolute atomic E-state index is 13.6. The van der Waals surface area contributed by atoms with Gasteiger partial charge < -0.3 is 31.3 Å². The van der Waals surface area contributed by atoms with Gasteiger partial charge in [-0.1, -0.05) is 44.9 Å². The number of hydrogen-bond acceptors (Lipinski definition) is 11. The van der Waals surface area contributed by atoms with Crippen LogP contribution in [0.3, 0.4) is 0 Å². The van der Waals surface area contributed by atoms with E-state index < -0.39 is 80.0 Å². The van der Waals surface area contributed by atoms with Crippen molar-refractivity contribution in [2.75, 3.05) is 20.6 Å². The van der Waals surface area contributed by atoms with Crippen molar-refractivity contribution in [1.29, 1.82) is 0 Å². The minimum Gasteiger partial charge on any atom is -0.508 e. The van der Waals surface area contributed by atoms with Gasteiger partial charge >= 0.3 is 10.3 Å². The minimum absolute atomic E-state index is 0.124. The molecule has 236 valence electrons. The summed E-state index contributed by atoms with van der Waals surface area (Å²) in [7, 11) is -1.09. The number of primary amides is 1. The molecule has 14 nitrogen and oxygen atoms in total. The number of nitrogens with one attached hydrogen (secondary N) is 1. The van der Waals surface area contributed by atoms with Gasteiger partial charge in [-0.05, 0) is 37.7 Å². The van der Waals surface area contributed by atoms with Gasteiger partial charge in [0.2, 0.25) is 5.78 Å². The van der Waals surface area contributed by atoms with Gasteiger partial charge in [-0.2, -0.15) is 13.1 Å². The average molecular weight is 624 g/mol. The lowest BCUT2D eigenvalue weighted by molar-refractivity contribution is -0.166. The lowest BCUT2D eigenvalue weighted by Gasteiger charge is -2.52. The molecular formula is C28H37N3O11S. The fourth-order valence-corrected chi connectivity index (χ4v) is 6.37. The highest BCUT2D eigenvalue weighted by atomic mass is 32.2. The highest BCUT2D eigenvalue weighted by Gasteiger charge is 2.68. The van der Waals surface area contributed by atoms with Crippen molar-refractivity contribution >= 4 is 39.1 Å². The van der Waals surface area contributed by atoms with Crippen LogP contribution in [0, 0.1) is 11.8 Å². The molecule has 43 heavy (non-hydrogen) atoms. The number of aliphatic hydroxyl groups excluding tert-OH is 3. The number of rotatable bonds is 8. The number of carbonyl (C=O) groups is 3. The van der Waals surface area contributed by atoms with Crippen molar-refractivity contribution in [3.05, 3.63) is 52.8 Å². The van der Waals surface area contributed by atoms with Gasteiger partial charge in [0.05, 0.1) is 29.2 Å². The molecule has 0 bridgehead atoms. The predicted octanol–water partition coefficient (Wildman–Crippen LogP) is 0.365. The summed E-state index contributed by atoms with van der Waals surface area (Å²) in [6.07, 6.45) is 2.32. The number of unbranched alkanes of at least 4 members (excludes halogenated alkanes) is 3. The van der Waals surface area contributed by atoms with E-state index in [1.807, 2.05) is 4.72 Å². The summed E-state index contributed by atoms with van der Waals surface area (Å²) in [6.45, 7) is 6.33. The molecule has 1 aromatic carbocycles. The third-order valence-corrected chi connectivity index (χ3v) is 8.49. The Morgan fingerprint density at radius 2 is 1.77 bits per heavy atom. The van der Waals surface area contributed by atoms with E-state index in [4.69, 9.17) is 10.3 Å². The zero-order chi connectivity index (χ0) is 32.6. The molecule has 15 heteroatoms. The molecule has 3 aliphatic carbocycles. The molecule has 0 aliphatic heterocycles. The van der Waals surface area contributed by atoms with Crippen molar-refractivity contribution in [1.82, 2.24) is 9.62 Å². The highest BCUT2D eigenvalue weighted by Crippen LogP contribution is 2.55. The van der Waals surface area contributed by atoms with E-state index in [0.717, 1.165) is 25.7 Å². The molecule has 4 rings (SSSR count). The molecule has 3 aliphatic rings. The van der Waals surface area contributed by atoms with Crippen LogP contribution in [0.25, 0.3) is 11.3 Å². The molecule has 0 heterocycles. The van der Waals surface area contributed by atoms with Crippen LogP contribution in [-0.4, -0.2) is 99.3 Å². The number of phenolic OH excluding ortho intramolecular Hbond substituents is 1. The summed E-state index contributed by atoms with van der Waals surface area (Å²) in [5.41, 5.74) is 1.16. The summed E-state index contributed by atoms with van der Waals surface area (Å²) in [5, 5.41) is 54.7. The molecule has 0 saturated heterocycles. The second kappa shape index (κ2) is 12.6. The van der Waals surface area contributed by atoms with Crippen molar-refractivity contribution in [3.63, 3.8) is 0 Å². The topological polar surface area (TPSA) is 248 Å². The first-order valence-corrected chi connectivity index (χ1v) is 14.9. The fourth-order valence-electron chi connectivity index (χ4n) is 5.96. The van der Waals surface area contributed by atoms with Crippen molar-refractivity contribution in [2.24, 2.45) is 17.6 Å². The Morgan fingerprint density at radius 3 is 2.30 bits per heavy atom. The van der Waals surface area contributed by atoms with Crippen LogP contribution in [0.4, 0.5) is 0 Å². The van der Waals surface area contributed by atoms with Crippen molar-refractivity contribution in [2.45, 2.75) is 50.4 Å². The number of nitrogens with two attached hydrogens (primary N) is 1. The van der Waals surface area contributed by atoms with E-state index in [1.165, 1.54) is 37.2 Å². The Labute approximate surface area is 248 Å². The number of phenols is 1. The Bertz CT molecular complexity index is 1520. The summed E-state index contributed by atoms with van der Waals surface area (Å²) in [5.74, 6) is -8.78. The average Bonchev–Trinajstić information content (AvgIpc) is 2.90. The number of hydrogen-bond donors (Lipinski definition) is 8. The van der Waals surface area contributed by atoms with Crippen LogP contribution < -0.4 is 10.5 Å². The van der Waals surface area contributed by atoms with E-state index in [9.17, 15) is 48.3 Å². The smallest absolute Gasteiger partial charge is 0.333 e.